The van der Waals surface area contributed by atoms with Crippen LogP contribution in [-0.2, 0) is 32.9 Å². The molecule has 3 aromatic rings. The SMILES string of the molecule is C[C@@H]1[C@@H]([Si](C)(C)F)[C@H](CCO)O[C@@]12C(=O)N(Cc1ccc(N3C(=O)CCc4ccccc43)cc1)c1ccc(Cl)cc12. The molecule has 0 bridgehead atoms. The molecule has 0 radical (unpaired) electrons. The van der Waals surface area contributed by atoms with E-state index in [4.69, 9.17) is 16.3 Å². The first kappa shape index (κ1) is 28.1. The van der Waals surface area contributed by atoms with Crippen LogP contribution < -0.4 is 9.80 Å². The number of rotatable bonds is 6. The molecule has 1 fully saturated rings. The molecular weight excluding hydrogens is 559 g/mol. The number of amides is 2. The Morgan fingerprint density at radius 2 is 1.78 bits per heavy atom. The zero-order valence-corrected chi connectivity index (χ0v) is 25.2. The topological polar surface area (TPSA) is 70.1 Å². The summed E-state index contributed by atoms with van der Waals surface area (Å²) in [6, 6.07) is 21.0. The molecule has 1 N–H and O–H groups in total. The summed E-state index contributed by atoms with van der Waals surface area (Å²) in [4.78, 5) is 30.7. The summed E-state index contributed by atoms with van der Waals surface area (Å²) in [5, 5.41) is 10.2. The molecule has 41 heavy (non-hydrogen) atoms. The molecule has 1 saturated heterocycles. The molecule has 3 heterocycles. The van der Waals surface area contributed by atoms with Gasteiger partial charge in [-0.25, -0.2) is 0 Å². The van der Waals surface area contributed by atoms with Gasteiger partial charge in [0.05, 0.1) is 24.0 Å². The number of para-hydroxylation sites is 1. The second kappa shape index (κ2) is 10.3. The van der Waals surface area contributed by atoms with Crippen molar-refractivity contribution in [2.75, 3.05) is 16.4 Å². The molecule has 0 aromatic heterocycles. The Hall–Kier alpha value is -3.04. The summed E-state index contributed by atoms with van der Waals surface area (Å²) in [6.07, 6.45) is 0.882. The number of hydrogen-bond donors (Lipinski definition) is 1. The molecular formula is C32H34ClFN2O4Si. The number of anilines is 3. The van der Waals surface area contributed by atoms with Gasteiger partial charge >= 0.3 is 0 Å². The summed E-state index contributed by atoms with van der Waals surface area (Å²) in [7, 11) is -3.27. The van der Waals surface area contributed by atoms with Crippen molar-refractivity contribution in [3.8, 4) is 0 Å². The van der Waals surface area contributed by atoms with Gasteiger partial charge in [0.25, 0.3) is 5.91 Å². The van der Waals surface area contributed by atoms with E-state index < -0.39 is 31.6 Å². The Kier molecular flexibility index (Phi) is 7.09. The van der Waals surface area contributed by atoms with Crippen molar-refractivity contribution in [2.24, 2.45) is 5.92 Å². The van der Waals surface area contributed by atoms with Crippen molar-refractivity contribution in [3.05, 3.63) is 88.4 Å². The van der Waals surface area contributed by atoms with Crippen LogP contribution in [0.1, 0.15) is 36.5 Å². The molecule has 0 unspecified atom stereocenters. The van der Waals surface area contributed by atoms with Crippen LogP contribution in [-0.4, -0.2) is 38.0 Å². The minimum absolute atomic E-state index is 0.0533. The van der Waals surface area contributed by atoms with Crippen LogP contribution in [0.3, 0.4) is 0 Å². The van der Waals surface area contributed by atoms with Crippen LogP contribution in [0.2, 0.25) is 23.7 Å². The Morgan fingerprint density at radius 1 is 1.05 bits per heavy atom. The second-order valence-electron chi connectivity index (χ2n) is 11.9. The number of ether oxygens (including phenoxy) is 1. The number of aliphatic hydroxyl groups is 1. The van der Waals surface area contributed by atoms with Crippen molar-refractivity contribution in [2.45, 2.75) is 63.1 Å². The number of benzene rings is 3. The lowest BCUT2D eigenvalue weighted by molar-refractivity contribution is -0.146. The summed E-state index contributed by atoms with van der Waals surface area (Å²) in [5.74, 6) is -0.624. The number of halogens is 2. The standard InChI is InChI=1S/C32H34ClFN2O4Si/c1-20-30(41(2,3)34)28(16-17-37)40-32(20)25-18-23(33)11-14-27(25)35(31(32)39)19-21-8-12-24(13-9-21)36-26-7-5-4-6-22(26)10-15-29(36)38/h4-9,11-14,18,20,28,30,37H,10,15-17,19H2,1-3H3/t20-,28+,30-,32+/m1/s1. The first-order valence-electron chi connectivity index (χ1n) is 14.2. The number of carbonyl (C=O) groups is 2. The minimum atomic E-state index is -3.27. The molecule has 6 rings (SSSR count). The van der Waals surface area contributed by atoms with Crippen LogP contribution in [0, 0.1) is 5.92 Å². The van der Waals surface area contributed by atoms with Crippen molar-refractivity contribution in [3.63, 3.8) is 0 Å². The molecule has 3 aromatic carbocycles. The van der Waals surface area contributed by atoms with Crippen LogP contribution in [0.5, 0.6) is 0 Å². The van der Waals surface area contributed by atoms with Crippen molar-refractivity contribution < 1.29 is 23.5 Å². The van der Waals surface area contributed by atoms with E-state index in [1.165, 1.54) is 0 Å². The van der Waals surface area contributed by atoms with Gasteiger partial charge in [0.15, 0.2) is 5.60 Å². The molecule has 9 heteroatoms. The number of nitrogens with zero attached hydrogens (tertiary/aromatic N) is 2. The van der Waals surface area contributed by atoms with Crippen molar-refractivity contribution in [1.82, 2.24) is 0 Å². The third kappa shape index (κ3) is 4.52. The number of fused-ring (bicyclic) bond motifs is 3. The molecule has 0 aliphatic carbocycles. The van der Waals surface area contributed by atoms with Gasteiger partial charge in [0, 0.05) is 40.8 Å². The number of aliphatic hydroxyl groups excluding tert-OH is 1. The zero-order valence-electron chi connectivity index (χ0n) is 23.4. The molecule has 2 amide bonds. The van der Waals surface area contributed by atoms with Gasteiger partial charge in [0.2, 0.25) is 14.3 Å². The van der Waals surface area contributed by atoms with E-state index in [0.717, 1.165) is 28.9 Å². The normalized spacial score (nSPS) is 25.7. The number of carbonyl (C=O) groups excluding carboxylic acids is 2. The average Bonchev–Trinajstić information content (AvgIpc) is 3.36. The lowest BCUT2D eigenvalue weighted by Gasteiger charge is -2.31. The molecule has 214 valence electrons. The van der Waals surface area contributed by atoms with Gasteiger partial charge in [-0.2, -0.15) is 0 Å². The predicted octanol–water partition coefficient (Wildman–Crippen LogP) is 6.66. The highest BCUT2D eigenvalue weighted by atomic mass is 35.5. The zero-order chi connectivity index (χ0) is 29.1. The van der Waals surface area contributed by atoms with Gasteiger partial charge in [-0.1, -0.05) is 48.9 Å². The Balaban J connectivity index is 1.34. The molecule has 4 atom stereocenters. The largest absolute Gasteiger partial charge is 0.396 e. The molecule has 6 nitrogen and oxygen atoms in total. The van der Waals surface area contributed by atoms with E-state index in [-0.39, 0.29) is 31.4 Å². The van der Waals surface area contributed by atoms with Gasteiger partial charge in [-0.05, 0) is 73.5 Å². The van der Waals surface area contributed by atoms with E-state index in [1.807, 2.05) is 55.5 Å². The second-order valence-corrected chi connectivity index (χ2v) is 16.1. The van der Waals surface area contributed by atoms with Crippen LogP contribution >= 0.6 is 11.6 Å². The van der Waals surface area contributed by atoms with Gasteiger partial charge < -0.3 is 18.9 Å². The molecule has 1 spiro atoms. The van der Waals surface area contributed by atoms with E-state index in [1.54, 1.807) is 35.0 Å². The van der Waals surface area contributed by atoms with Crippen molar-refractivity contribution >= 4 is 48.9 Å². The smallest absolute Gasteiger partial charge is 0.264 e. The van der Waals surface area contributed by atoms with Crippen molar-refractivity contribution in [1.29, 1.82) is 0 Å². The fourth-order valence-corrected chi connectivity index (χ4v) is 9.93. The number of aryl methyl sites for hydroxylation is 1. The van der Waals surface area contributed by atoms with Gasteiger partial charge in [-0.15, -0.1) is 0 Å². The molecule has 3 aliphatic rings. The Bertz CT molecular complexity index is 1510. The monoisotopic (exact) mass is 592 g/mol. The quantitative estimate of drug-likeness (QED) is 0.257. The molecule has 0 saturated carbocycles. The fourth-order valence-electron chi connectivity index (χ4n) is 7.22. The van der Waals surface area contributed by atoms with Gasteiger partial charge in [0.1, 0.15) is 0 Å². The summed E-state index contributed by atoms with van der Waals surface area (Å²) in [5.41, 5.74) is 3.21. The van der Waals surface area contributed by atoms with E-state index >= 15 is 4.11 Å². The van der Waals surface area contributed by atoms with E-state index in [0.29, 0.717) is 22.7 Å². The predicted molar refractivity (Wildman–Crippen MR) is 161 cm³/mol. The summed E-state index contributed by atoms with van der Waals surface area (Å²) in [6.45, 7) is 5.31. The van der Waals surface area contributed by atoms with Crippen LogP contribution in [0.15, 0.2) is 66.7 Å². The maximum absolute atomic E-state index is 15.7. The van der Waals surface area contributed by atoms with Crippen LogP contribution in [0.4, 0.5) is 21.2 Å². The Labute approximate surface area is 245 Å². The maximum atomic E-state index is 15.7. The average molecular weight is 593 g/mol. The summed E-state index contributed by atoms with van der Waals surface area (Å²) >= 11 is 6.43. The lowest BCUT2D eigenvalue weighted by atomic mass is 9.82. The lowest BCUT2D eigenvalue weighted by Crippen LogP contribution is -2.45. The highest BCUT2D eigenvalue weighted by Gasteiger charge is 2.66. The summed E-state index contributed by atoms with van der Waals surface area (Å²) < 4.78 is 22.2. The Morgan fingerprint density at radius 3 is 2.49 bits per heavy atom. The maximum Gasteiger partial charge on any atom is 0.264 e. The highest BCUT2D eigenvalue weighted by Crippen LogP contribution is 2.60. The number of hydrogen-bond acceptors (Lipinski definition) is 4. The molecule has 3 aliphatic heterocycles. The third-order valence-corrected chi connectivity index (χ3v) is 11.7. The fraction of sp³-hybridized carbons (Fsp3) is 0.375. The van der Waals surface area contributed by atoms with Gasteiger partial charge in [-0.3, -0.25) is 14.5 Å². The van der Waals surface area contributed by atoms with E-state index in [2.05, 4.69) is 6.07 Å². The first-order valence-corrected chi connectivity index (χ1v) is 17.5. The van der Waals surface area contributed by atoms with Crippen LogP contribution in [0.25, 0.3) is 0 Å². The third-order valence-electron chi connectivity index (χ3n) is 8.96. The minimum Gasteiger partial charge on any atom is -0.396 e. The highest BCUT2D eigenvalue weighted by molar-refractivity contribution is 6.72. The van der Waals surface area contributed by atoms with E-state index in [9.17, 15) is 14.7 Å². The first-order chi connectivity index (χ1) is 19.6.